The first-order valence-electron chi connectivity index (χ1n) is 6.89. The first-order valence-corrected chi connectivity index (χ1v) is 6.89. The first kappa shape index (κ1) is 16.9. The van der Waals surface area contributed by atoms with Crippen molar-refractivity contribution >= 4 is 17.7 Å². The predicted octanol–water partition coefficient (Wildman–Crippen LogP) is 4.06. The summed E-state index contributed by atoms with van der Waals surface area (Å²) >= 11 is 0. The van der Waals surface area contributed by atoms with Crippen LogP contribution in [-0.4, -0.2) is 16.0 Å². The minimum Gasteiger partial charge on any atom is -0.481 e. The SMILES string of the molecule is CCCc1ccc([N+](=O)[O-])cc1/C=C(\C)C(C)(C)C(=O)O. The monoisotopic (exact) mass is 291 g/mol. The highest BCUT2D eigenvalue weighted by Crippen LogP contribution is 2.30. The molecule has 0 radical (unpaired) electrons. The maximum Gasteiger partial charge on any atom is 0.313 e. The molecule has 0 heterocycles. The van der Waals surface area contributed by atoms with E-state index in [1.807, 2.05) is 6.92 Å². The molecule has 0 saturated carbocycles. The summed E-state index contributed by atoms with van der Waals surface area (Å²) in [5.74, 6) is -0.918. The molecule has 0 bridgehead atoms. The van der Waals surface area contributed by atoms with E-state index in [2.05, 4.69) is 0 Å². The van der Waals surface area contributed by atoms with Crippen molar-refractivity contribution < 1.29 is 14.8 Å². The smallest absolute Gasteiger partial charge is 0.313 e. The van der Waals surface area contributed by atoms with Crippen LogP contribution >= 0.6 is 0 Å². The lowest BCUT2D eigenvalue weighted by Gasteiger charge is -2.20. The minimum atomic E-state index is -1.01. The zero-order chi connectivity index (χ0) is 16.2. The Balaban J connectivity index is 3.35. The molecule has 0 atom stereocenters. The minimum absolute atomic E-state index is 0.0158. The average molecular weight is 291 g/mol. The third-order valence-electron chi connectivity index (χ3n) is 3.75. The van der Waals surface area contributed by atoms with Gasteiger partial charge in [-0.3, -0.25) is 14.9 Å². The molecule has 0 aliphatic heterocycles. The Hall–Kier alpha value is -2.17. The van der Waals surface area contributed by atoms with Crippen LogP contribution in [0.3, 0.4) is 0 Å². The molecule has 0 unspecified atom stereocenters. The molecule has 1 N–H and O–H groups in total. The molecule has 0 aromatic heterocycles. The molecular weight excluding hydrogens is 270 g/mol. The Morgan fingerprint density at radius 3 is 2.52 bits per heavy atom. The van der Waals surface area contributed by atoms with Crippen molar-refractivity contribution in [3.8, 4) is 0 Å². The van der Waals surface area contributed by atoms with E-state index in [-0.39, 0.29) is 5.69 Å². The number of benzene rings is 1. The van der Waals surface area contributed by atoms with E-state index >= 15 is 0 Å². The highest BCUT2D eigenvalue weighted by atomic mass is 16.6. The summed E-state index contributed by atoms with van der Waals surface area (Å²) in [7, 11) is 0. The Kier molecular flexibility index (Phi) is 5.24. The molecule has 5 nitrogen and oxygen atoms in total. The number of nitro groups is 1. The number of rotatable bonds is 6. The second-order valence-corrected chi connectivity index (χ2v) is 5.65. The number of carboxylic acid groups (broad SMARTS) is 1. The fourth-order valence-corrected chi connectivity index (χ4v) is 1.91. The van der Waals surface area contributed by atoms with Crippen LogP contribution < -0.4 is 0 Å². The standard InChI is InChI=1S/C16H21NO4/c1-5-6-12-7-8-14(17(20)21)10-13(12)9-11(2)16(3,4)15(18)19/h7-10H,5-6H2,1-4H3,(H,18,19)/b11-9+. The van der Waals surface area contributed by atoms with E-state index in [1.54, 1.807) is 32.9 Å². The number of hydrogen-bond donors (Lipinski definition) is 1. The van der Waals surface area contributed by atoms with Gasteiger partial charge in [-0.1, -0.05) is 31.1 Å². The molecule has 0 fully saturated rings. The van der Waals surface area contributed by atoms with Gasteiger partial charge in [0.15, 0.2) is 0 Å². The highest BCUT2D eigenvalue weighted by molar-refractivity contribution is 5.80. The summed E-state index contributed by atoms with van der Waals surface area (Å²) in [4.78, 5) is 21.8. The molecule has 5 heteroatoms. The van der Waals surface area contributed by atoms with Crippen molar-refractivity contribution in [3.63, 3.8) is 0 Å². The van der Waals surface area contributed by atoms with Crippen molar-refractivity contribution in [1.82, 2.24) is 0 Å². The van der Waals surface area contributed by atoms with Crippen LogP contribution in [0.15, 0.2) is 23.8 Å². The van der Waals surface area contributed by atoms with Crippen LogP contribution in [0.2, 0.25) is 0 Å². The Labute approximate surface area is 124 Å². The highest BCUT2D eigenvalue weighted by Gasteiger charge is 2.29. The van der Waals surface area contributed by atoms with Gasteiger partial charge in [0, 0.05) is 12.1 Å². The van der Waals surface area contributed by atoms with Crippen molar-refractivity contribution in [2.75, 3.05) is 0 Å². The van der Waals surface area contributed by atoms with Crippen molar-refractivity contribution in [3.05, 3.63) is 45.0 Å². The maximum absolute atomic E-state index is 11.3. The quantitative estimate of drug-likeness (QED) is 0.633. The largest absolute Gasteiger partial charge is 0.481 e. The van der Waals surface area contributed by atoms with Gasteiger partial charge in [-0.05, 0) is 38.3 Å². The van der Waals surface area contributed by atoms with Crippen LogP contribution in [0.4, 0.5) is 5.69 Å². The van der Waals surface area contributed by atoms with E-state index in [0.717, 1.165) is 24.0 Å². The van der Waals surface area contributed by atoms with Crippen LogP contribution in [-0.2, 0) is 11.2 Å². The summed E-state index contributed by atoms with van der Waals surface area (Å²) in [5.41, 5.74) is 1.38. The molecule has 1 aromatic rings. The van der Waals surface area contributed by atoms with Crippen molar-refractivity contribution in [1.29, 1.82) is 0 Å². The molecule has 0 spiro atoms. The van der Waals surface area contributed by atoms with E-state index in [4.69, 9.17) is 0 Å². The van der Waals surface area contributed by atoms with Gasteiger partial charge < -0.3 is 5.11 Å². The number of aliphatic carboxylic acids is 1. The number of non-ortho nitro benzene ring substituents is 1. The Morgan fingerprint density at radius 1 is 1.43 bits per heavy atom. The summed E-state index contributed by atoms with van der Waals surface area (Å²) in [6.07, 6.45) is 3.46. The number of carboxylic acids is 1. The maximum atomic E-state index is 11.3. The summed E-state index contributed by atoms with van der Waals surface area (Å²) in [6.45, 7) is 7.02. The number of aryl methyl sites for hydroxylation is 1. The summed E-state index contributed by atoms with van der Waals surface area (Å²) < 4.78 is 0. The second kappa shape index (κ2) is 6.52. The Bertz CT molecular complexity index is 588. The van der Waals surface area contributed by atoms with Gasteiger partial charge in [0.05, 0.1) is 10.3 Å². The molecule has 0 saturated heterocycles. The van der Waals surface area contributed by atoms with Gasteiger partial charge >= 0.3 is 5.97 Å². The van der Waals surface area contributed by atoms with Crippen LogP contribution in [0.25, 0.3) is 6.08 Å². The van der Waals surface area contributed by atoms with E-state index in [9.17, 15) is 20.0 Å². The lowest BCUT2D eigenvalue weighted by molar-refractivity contribution is -0.384. The molecule has 21 heavy (non-hydrogen) atoms. The zero-order valence-corrected chi connectivity index (χ0v) is 12.8. The number of hydrogen-bond acceptors (Lipinski definition) is 3. The van der Waals surface area contributed by atoms with Gasteiger partial charge in [0.25, 0.3) is 5.69 Å². The molecule has 1 rings (SSSR count). The average Bonchev–Trinajstić information content (AvgIpc) is 2.40. The molecule has 0 amide bonds. The van der Waals surface area contributed by atoms with Crippen LogP contribution in [0.5, 0.6) is 0 Å². The van der Waals surface area contributed by atoms with Gasteiger partial charge in [-0.25, -0.2) is 0 Å². The summed E-state index contributed by atoms with van der Waals surface area (Å²) in [6, 6.07) is 4.74. The number of nitrogens with zero attached hydrogens (tertiary/aromatic N) is 1. The molecule has 114 valence electrons. The van der Waals surface area contributed by atoms with Gasteiger partial charge in [-0.2, -0.15) is 0 Å². The van der Waals surface area contributed by atoms with E-state index in [0.29, 0.717) is 5.57 Å². The molecular formula is C16H21NO4. The molecule has 0 aliphatic carbocycles. The van der Waals surface area contributed by atoms with Gasteiger partial charge in [0.2, 0.25) is 0 Å². The topological polar surface area (TPSA) is 80.4 Å². The van der Waals surface area contributed by atoms with Crippen molar-refractivity contribution in [2.45, 2.75) is 40.5 Å². The lowest BCUT2D eigenvalue weighted by Crippen LogP contribution is -2.24. The van der Waals surface area contributed by atoms with E-state index < -0.39 is 16.3 Å². The van der Waals surface area contributed by atoms with Crippen LogP contribution in [0.1, 0.15) is 45.2 Å². The molecule has 1 aromatic carbocycles. The van der Waals surface area contributed by atoms with Crippen LogP contribution in [0, 0.1) is 15.5 Å². The zero-order valence-electron chi connectivity index (χ0n) is 12.8. The van der Waals surface area contributed by atoms with Gasteiger partial charge in [0.1, 0.15) is 0 Å². The number of carbonyl (C=O) groups is 1. The fraction of sp³-hybridized carbons (Fsp3) is 0.438. The van der Waals surface area contributed by atoms with E-state index in [1.165, 1.54) is 12.1 Å². The normalized spacial score (nSPS) is 12.3. The fourth-order valence-electron chi connectivity index (χ4n) is 1.91. The van der Waals surface area contributed by atoms with Crippen molar-refractivity contribution in [2.24, 2.45) is 5.41 Å². The third-order valence-corrected chi connectivity index (χ3v) is 3.75. The lowest BCUT2D eigenvalue weighted by atomic mass is 9.83. The second-order valence-electron chi connectivity index (χ2n) is 5.65. The molecule has 0 aliphatic rings. The van der Waals surface area contributed by atoms with Gasteiger partial charge in [-0.15, -0.1) is 0 Å². The predicted molar refractivity (Wildman–Crippen MR) is 82.2 cm³/mol. The number of nitro benzene ring substituents is 1. The summed E-state index contributed by atoms with van der Waals surface area (Å²) in [5, 5.41) is 20.2. The Morgan fingerprint density at radius 2 is 2.05 bits per heavy atom. The first-order chi connectivity index (χ1) is 9.70. The third kappa shape index (κ3) is 3.90.